The second-order valence-electron chi connectivity index (χ2n) is 4.41. The summed E-state index contributed by atoms with van der Waals surface area (Å²) in [6.07, 6.45) is -4.74. The van der Waals surface area contributed by atoms with Crippen LogP contribution in [0.25, 0.3) is 11.1 Å². The molecule has 0 radical (unpaired) electrons. The maximum Gasteiger partial charge on any atom is 0.573 e. The molecular weight excluding hydrogens is 286 g/mol. The second kappa shape index (κ2) is 6.13. The predicted octanol–water partition coefficient (Wildman–Crippen LogP) is 4.11. The Morgan fingerprint density at radius 3 is 2.43 bits per heavy atom. The summed E-state index contributed by atoms with van der Waals surface area (Å²) in [5.74, 6) is -0.671. The van der Waals surface area contributed by atoms with E-state index in [9.17, 15) is 17.6 Å². The third-order valence-corrected chi connectivity index (χ3v) is 2.81. The fourth-order valence-corrected chi connectivity index (χ4v) is 1.95. The number of ether oxygens (including phenoxy) is 1. The molecule has 0 spiro atoms. The van der Waals surface area contributed by atoms with E-state index in [-0.39, 0.29) is 11.6 Å². The average Bonchev–Trinajstić information content (AvgIpc) is 2.40. The van der Waals surface area contributed by atoms with Crippen LogP contribution < -0.4 is 10.1 Å². The quantitative estimate of drug-likeness (QED) is 0.858. The molecular formula is C15H13F4NO. The van der Waals surface area contributed by atoms with Gasteiger partial charge < -0.3 is 10.1 Å². The topological polar surface area (TPSA) is 21.3 Å². The first-order valence-electron chi connectivity index (χ1n) is 6.18. The second-order valence-corrected chi connectivity index (χ2v) is 4.41. The van der Waals surface area contributed by atoms with E-state index in [1.807, 2.05) is 0 Å². The largest absolute Gasteiger partial charge is 0.573 e. The minimum absolute atomic E-state index is 0.306. The summed E-state index contributed by atoms with van der Waals surface area (Å²) in [6.45, 7) is 0.332. The third-order valence-electron chi connectivity index (χ3n) is 2.81. The van der Waals surface area contributed by atoms with Crippen molar-refractivity contribution < 1.29 is 22.3 Å². The van der Waals surface area contributed by atoms with Gasteiger partial charge in [-0.1, -0.05) is 18.2 Å². The Bertz CT molecular complexity index is 625. The van der Waals surface area contributed by atoms with Crippen LogP contribution in [0.5, 0.6) is 5.75 Å². The summed E-state index contributed by atoms with van der Waals surface area (Å²) in [7, 11) is 1.68. The van der Waals surface area contributed by atoms with Crippen LogP contribution in [-0.2, 0) is 6.54 Å². The van der Waals surface area contributed by atoms with Crippen LogP contribution in [0, 0.1) is 5.82 Å². The zero-order valence-electron chi connectivity index (χ0n) is 11.2. The van der Waals surface area contributed by atoms with Crippen molar-refractivity contribution in [1.29, 1.82) is 0 Å². The smallest absolute Gasteiger partial charge is 0.406 e. The van der Waals surface area contributed by atoms with Crippen molar-refractivity contribution >= 4 is 0 Å². The Balaban J connectivity index is 2.34. The molecule has 0 saturated carbocycles. The standard InChI is InChI=1S/C15H13F4NO/c1-20-9-12-7-11(5-6-14(12)16)10-3-2-4-13(8-10)21-15(17,18)19/h2-8,20H,9H2,1H3. The van der Waals surface area contributed by atoms with E-state index in [0.29, 0.717) is 23.2 Å². The number of hydrogen-bond donors (Lipinski definition) is 1. The highest BCUT2D eigenvalue weighted by Gasteiger charge is 2.31. The van der Waals surface area contributed by atoms with Crippen LogP contribution in [0.15, 0.2) is 42.5 Å². The zero-order chi connectivity index (χ0) is 15.5. The maximum absolute atomic E-state index is 13.6. The summed E-state index contributed by atoms with van der Waals surface area (Å²) >= 11 is 0. The minimum atomic E-state index is -4.74. The molecule has 0 fully saturated rings. The molecule has 2 nitrogen and oxygen atoms in total. The molecule has 2 rings (SSSR count). The van der Waals surface area contributed by atoms with Crippen molar-refractivity contribution in [2.75, 3.05) is 7.05 Å². The van der Waals surface area contributed by atoms with Gasteiger partial charge in [0.25, 0.3) is 0 Å². The zero-order valence-corrected chi connectivity index (χ0v) is 11.2. The van der Waals surface area contributed by atoms with Gasteiger partial charge in [0.1, 0.15) is 11.6 Å². The van der Waals surface area contributed by atoms with E-state index < -0.39 is 6.36 Å². The van der Waals surface area contributed by atoms with Crippen LogP contribution in [-0.4, -0.2) is 13.4 Å². The summed E-state index contributed by atoms with van der Waals surface area (Å²) < 4.78 is 54.1. The van der Waals surface area contributed by atoms with Crippen molar-refractivity contribution in [2.45, 2.75) is 12.9 Å². The Morgan fingerprint density at radius 1 is 1.05 bits per heavy atom. The first-order chi connectivity index (χ1) is 9.89. The highest BCUT2D eigenvalue weighted by Crippen LogP contribution is 2.28. The van der Waals surface area contributed by atoms with E-state index in [4.69, 9.17) is 0 Å². The molecule has 0 aliphatic rings. The van der Waals surface area contributed by atoms with E-state index in [1.54, 1.807) is 19.2 Å². The van der Waals surface area contributed by atoms with Crippen LogP contribution in [0.4, 0.5) is 17.6 Å². The fraction of sp³-hybridized carbons (Fsp3) is 0.200. The van der Waals surface area contributed by atoms with Gasteiger partial charge in [-0.15, -0.1) is 13.2 Å². The van der Waals surface area contributed by atoms with Gasteiger partial charge in [0.2, 0.25) is 0 Å². The van der Waals surface area contributed by atoms with Gasteiger partial charge in [-0.25, -0.2) is 4.39 Å². The highest BCUT2D eigenvalue weighted by atomic mass is 19.4. The lowest BCUT2D eigenvalue weighted by Crippen LogP contribution is -2.17. The highest BCUT2D eigenvalue weighted by molar-refractivity contribution is 5.65. The van der Waals surface area contributed by atoms with Crippen LogP contribution >= 0.6 is 0 Å². The van der Waals surface area contributed by atoms with Gasteiger partial charge in [-0.3, -0.25) is 0 Å². The normalized spacial score (nSPS) is 11.5. The van der Waals surface area contributed by atoms with E-state index in [1.165, 1.54) is 30.3 Å². The van der Waals surface area contributed by atoms with Gasteiger partial charge in [0, 0.05) is 12.1 Å². The first-order valence-corrected chi connectivity index (χ1v) is 6.18. The lowest BCUT2D eigenvalue weighted by molar-refractivity contribution is -0.274. The van der Waals surface area contributed by atoms with Crippen molar-refractivity contribution in [3.05, 3.63) is 53.8 Å². The van der Waals surface area contributed by atoms with Gasteiger partial charge in [0.05, 0.1) is 0 Å². The molecule has 6 heteroatoms. The van der Waals surface area contributed by atoms with Crippen molar-refractivity contribution in [1.82, 2.24) is 5.32 Å². The van der Waals surface area contributed by atoms with Crippen molar-refractivity contribution in [2.24, 2.45) is 0 Å². The van der Waals surface area contributed by atoms with E-state index in [0.717, 1.165) is 0 Å². The van der Waals surface area contributed by atoms with Gasteiger partial charge in [-0.05, 0) is 42.4 Å². The molecule has 0 aromatic heterocycles. The number of halogens is 4. The minimum Gasteiger partial charge on any atom is -0.406 e. The summed E-state index contributed by atoms with van der Waals surface area (Å²) in [5.41, 5.74) is 1.58. The van der Waals surface area contributed by atoms with Crippen molar-refractivity contribution in [3.8, 4) is 16.9 Å². The van der Waals surface area contributed by atoms with Gasteiger partial charge in [0.15, 0.2) is 0 Å². The maximum atomic E-state index is 13.6. The molecule has 0 bridgehead atoms. The number of benzene rings is 2. The summed E-state index contributed by atoms with van der Waals surface area (Å²) in [6, 6.07) is 9.98. The SMILES string of the molecule is CNCc1cc(-c2cccc(OC(F)(F)F)c2)ccc1F. The molecule has 1 N–H and O–H groups in total. The van der Waals surface area contributed by atoms with Crippen LogP contribution in [0.1, 0.15) is 5.56 Å². The number of hydrogen-bond acceptors (Lipinski definition) is 2. The van der Waals surface area contributed by atoms with E-state index in [2.05, 4.69) is 10.1 Å². The molecule has 2 aromatic rings. The molecule has 0 amide bonds. The predicted molar refractivity (Wildman–Crippen MR) is 71.3 cm³/mol. The molecule has 112 valence electrons. The molecule has 0 atom stereocenters. The van der Waals surface area contributed by atoms with Crippen LogP contribution in [0.2, 0.25) is 0 Å². The molecule has 0 aliphatic carbocycles. The molecule has 2 aromatic carbocycles. The van der Waals surface area contributed by atoms with Gasteiger partial charge in [-0.2, -0.15) is 0 Å². The molecule has 0 heterocycles. The summed E-state index contributed by atoms with van der Waals surface area (Å²) in [4.78, 5) is 0. The lowest BCUT2D eigenvalue weighted by atomic mass is 10.0. The van der Waals surface area contributed by atoms with Crippen LogP contribution in [0.3, 0.4) is 0 Å². The third kappa shape index (κ3) is 4.19. The molecule has 0 saturated heterocycles. The Labute approximate surface area is 119 Å². The molecule has 0 unspecified atom stereocenters. The fourth-order valence-electron chi connectivity index (χ4n) is 1.95. The number of alkyl halides is 3. The number of nitrogens with one attached hydrogen (secondary N) is 1. The molecule has 21 heavy (non-hydrogen) atoms. The summed E-state index contributed by atoms with van der Waals surface area (Å²) in [5, 5.41) is 2.83. The number of rotatable bonds is 4. The first kappa shape index (κ1) is 15.3. The molecule has 0 aliphatic heterocycles. The van der Waals surface area contributed by atoms with E-state index >= 15 is 0 Å². The van der Waals surface area contributed by atoms with Crippen molar-refractivity contribution in [3.63, 3.8) is 0 Å². The Morgan fingerprint density at radius 2 is 1.76 bits per heavy atom. The monoisotopic (exact) mass is 299 g/mol. The Kier molecular flexibility index (Phi) is 4.47. The lowest BCUT2D eigenvalue weighted by Gasteiger charge is -2.11. The average molecular weight is 299 g/mol. The van der Waals surface area contributed by atoms with Gasteiger partial charge >= 0.3 is 6.36 Å². The Hall–Kier alpha value is -2.08.